The summed E-state index contributed by atoms with van der Waals surface area (Å²) in [6, 6.07) is 12.9. The number of aryl methyl sites for hydroxylation is 4. The summed E-state index contributed by atoms with van der Waals surface area (Å²) in [5.41, 5.74) is 7.48. The van der Waals surface area contributed by atoms with E-state index in [4.69, 9.17) is 12.2 Å². The lowest BCUT2D eigenvalue weighted by Crippen LogP contribution is -2.19. The van der Waals surface area contributed by atoms with Gasteiger partial charge in [-0.2, -0.15) is 0 Å². The number of nitrogens with one attached hydrogen (secondary N) is 2. The van der Waals surface area contributed by atoms with Crippen molar-refractivity contribution < 1.29 is 0 Å². The molecule has 0 aliphatic heterocycles. The maximum Gasteiger partial charge on any atom is 0.175 e. The van der Waals surface area contributed by atoms with Crippen LogP contribution in [0.15, 0.2) is 36.4 Å². The Balaban J connectivity index is 1.70. The first-order valence-electron chi connectivity index (χ1n) is 7.39. The molecule has 0 radical (unpaired) electrons. The van der Waals surface area contributed by atoms with E-state index in [2.05, 4.69) is 60.9 Å². The van der Waals surface area contributed by atoms with Crippen LogP contribution in [0.2, 0.25) is 0 Å². The summed E-state index contributed by atoms with van der Waals surface area (Å²) in [5, 5.41) is 7.22. The standard InChI is InChI=1S/C18H20N2S/c1-12-6-7-13(2)17(10-12)20-18(21)19-16-9-8-14-4-3-5-15(14)11-16/h6-11H,3-5H2,1-2H3,(H2,19,20,21). The van der Waals surface area contributed by atoms with Gasteiger partial charge in [-0.1, -0.05) is 18.2 Å². The van der Waals surface area contributed by atoms with Gasteiger partial charge in [0.15, 0.2) is 5.11 Å². The Morgan fingerprint density at radius 3 is 2.62 bits per heavy atom. The molecular formula is C18H20N2S. The van der Waals surface area contributed by atoms with Crippen LogP contribution in [0.3, 0.4) is 0 Å². The molecule has 2 aromatic carbocycles. The molecule has 0 unspecified atom stereocenters. The Morgan fingerprint density at radius 2 is 1.76 bits per heavy atom. The third-order valence-electron chi connectivity index (χ3n) is 4.00. The highest BCUT2D eigenvalue weighted by molar-refractivity contribution is 7.80. The van der Waals surface area contributed by atoms with Crippen LogP contribution in [-0.2, 0) is 12.8 Å². The first kappa shape index (κ1) is 14.1. The largest absolute Gasteiger partial charge is 0.332 e. The molecular weight excluding hydrogens is 276 g/mol. The van der Waals surface area contributed by atoms with Crippen molar-refractivity contribution in [2.45, 2.75) is 33.1 Å². The van der Waals surface area contributed by atoms with E-state index < -0.39 is 0 Å². The molecule has 0 saturated carbocycles. The molecule has 21 heavy (non-hydrogen) atoms. The number of fused-ring (bicyclic) bond motifs is 1. The lowest BCUT2D eigenvalue weighted by molar-refractivity contribution is 0.912. The fraction of sp³-hybridized carbons (Fsp3) is 0.278. The molecule has 108 valence electrons. The van der Waals surface area contributed by atoms with Gasteiger partial charge in [0.1, 0.15) is 0 Å². The number of rotatable bonds is 2. The number of benzene rings is 2. The third kappa shape index (κ3) is 3.24. The van der Waals surface area contributed by atoms with Crippen LogP contribution < -0.4 is 10.6 Å². The number of anilines is 2. The zero-order valence-electron chi connectivity index (χ0n) is 12.5. The van der Waals surface area contributed by atoms with Crippen molar-refractivity contribution in [1.82, 2.24) is 0 Å². The van der Waals surface area contributed by atoms with Gasteiger partial charge in [0, 0.05) is 11.4 Å². The molecule has 2 aromatic rings. The highest BCUT2D eigenvalue weighted by Crippen LogP contribution is 2.25. The van der Waals surface area contributed by atoms with Crippen LogP contribution >= 0.6 is 12.2 Å². The lowest BCUT2D eigenvalue weighted by atomic mass is 10.1. The molecule has 0 aromatic heterocycles. The Labute approximate surface area is 131 Å². The van der Waals surface area contributed by atoms with Crippen LogP contribution in [0.5, 0.6) is 0 Å². The van der Waals surface area contributed by atoms with Gasteiger partial charge in [-0.05, 0) is 85.8 Å². The first-order chi connectivity index (χ1) is 10.1. The van der Waals surface area contributed by atoms with Crippen molar-refractivity contribution in [3.63, 3.8) is 0 Å². The van der Waals surface area contributed by atoms with E-state index in [9.17, 15) is 0 Å². The van der Waals surface area contributed by atoms with Gasteiger partial charge in [0.05, 0.1) is 0 Å². The maximum atomic E-state index is 5.43. The summed E-state index contributed by atoms with van der Waals surface area (Å²) >= 11 is 5.43. The quantitative estimate of drug-likeness (QED) is 0.792. The predicted octanol–water partition coefficient (Wildman–Crippen LogP) is 4.60. The molecule has 0 atom stereocenters. The first-order valence-corrected chi connectivity index (χ1v) is 7.80. The van der Waals surface area contributed by atoms with Gasteiger partial charge >= 0.3 is 0 Å². The molecule has 3 rings (SSSR count). The molecule has 0 saturated heterocycles. The highest BCUT2D eigenvalue weighted by atomic mass is 32.1. The van der Waals surface area contributed by atoms with Crippen molar-refractivity contribution >= 4 is 28.7 Å². The number of hydrogen-bond donors (Lipinski definition) is 2. The minimum atomic E-state index is 0.640. The highest BCUT2D eigenvalue weighted by Gasteiger charge is 2.11. The van der Waals surface area contributed by atoms with Gasteiger partial charge < -0.3 is 10.6 Å². The zero-order chi connectivity index (χ0) is 14.8. The average Bonchev–Trinajstić information content (AvgIpc) is 2.90. The van der Waals surface area contributed by atoms with Crippen molar-refractivity contribution in [3.05, 3.63) is 58.7 Å². The SMILES string of the molecule is Cc1ccc(C)c(NC(=S)Nc2ccc3c(c2)CCC3)c1. The third-order valence-corrected chi connectivity index (χ3v) is 4.20. The summed E-state index contributed by atoms with van der Waals surface area (Å²) < 4.78 is 0. The van der Waals surface area contributed by atoms with Crippen LogP contribution in [0, 0.1) is 13.8 Å². The molecule has 0 fully saturated rings. The Morgan fingerprint density at radius 1 is 0.952 bits per heavy atom. The minimum absolute atomic E-state index is 0.640. The van der Waals surface area contributed by atoms with Crippen molar-refractivity contribution in [3.8, 4) is 0 Å². The summed E-state index contributed by atoms with van der Waals surface area (Å²) in [6.45, 7) is 4.17. The summed E-state index contributed by atoms with van der Waals surface area (Å²) in [4.78, 5) is 0. The van der Waals surface area contributed by atoms with Crippen LogP contribution in [-0.4, -0.2) is 5.11 Å². The Kier molecular flexibility index (Phi) is 3.93. The predicted molar refractivity (Wildman–Crippen MR) is 94.2 cm³/mol. The minimum Gasteiger partial charge on any atom is -0.332 e. The number of hydrogen-bond acceptors (Lipinski definition) is 1. The number of thiocarbonyl (C=S) groups is 1. The summed E-state index contributed by atoms with van der Waals surface area (Å²) in [7, 11) is 0. The Hall–Kier alpha value is -1.87. The van der Waals surface area contributed by atoms with Gasteiger partial charge in [-0.25, -0.2) is 0 Å². The van der Waals surface area contributed by atoms with Gasteiger partial charge in [0.2, 0.25) is 0 Å². The van der Waals surface area contributed by atoms with E-state index >= 15 is 0 Å². The average molecular weight is 296 g/mol. The molecule has 0 spiro atoms. The summed E-state index contributed by atoms with van der Waals surface area (Å²) in [6.07, 6.45) is 3.66. The van der Waals surface area contributed by atoms with Crippen molar-refractivity contribution in [1.29, 1.82) is 0 Å². The maximum absolute atomic E-state index is 5.43. The van der Waals surface area contributed by atoms with Gasteiger partial charge in [0.25, 0.3) is 0 Å². The Bertz CT molecular complexity index is 692. The van der Waals surface area contributed by atoms with Crippen LogP contribution in [0.25, 0.3) is 0 Å². The molecule has 0 amide bonds. The monoisotopic (exact) mass is 296 g/mol. The van der Waals surface area contributed by atoms with Crippen LogP contribution in [0.4, 0.5) is 11.4 Å². The molecule has 1 aliphatic carbocycles. The van der Waals surface area contributed by atoms with Gasteiger partial charge in [-0.3, -0.25) is 0 Å². The van der Waals surface area contributed by atoms with Gasteiger partial charge in [-0.15, -0.1) is 0 Å². The second-order valence-electron chi connectivity index (χ2n) is 5.73. The van der Waals surface area contributed by atoms with E-state index in [0.29, 0.717) is 5.11 Å². The van der Waals surface area contributed by atoms with Crippen LogP contribution in [0.1, 0.15) is 28.7 Å². The van der Waals surface area contributed by atoms with E-state index in [1.54, 1.807) is 0 Å². The zero-order valence-corrected chi connectivity index (χ0v) is 13.3. The molecule has 2 nitrogen and oxygen atoms in total. The van der Waals surface area contributed by atoms with E-state index in [-0.39, 0.29) is 0 Å². The molecule has 0 bridgehead atoms. The van der Waals surface area contributed by atoms with Crippen molar-refractivity contribution in [2.24, 2.45) is 0 Å². The lowest BCUT2D eigenvalue weighted by Gasteiger charge is -2.14. The molecule has 3 heteroatoms. The summed E-state index contributed by atoms with van der Waals surface area (Å²) in [5.74, 6) is 0. The van der Waals surface area contributed by atoms with Crippen molar-refractivity contribution in [2.75, 3.05) is 10.6 Å². The second kappa shape index (κ2) is 5.86. The molecule has 1 aliphatic rings. The normalized spacial score (nSPS) is 12.9. The second-order valence-corrected chi connectivity index (χ2v) is 6.14. The van der Waals surface area contributed by atoms with E-state index in [1.165, 1.54) is 41.5 Å². The van der Waals surface area contributed by atoms with E-state index in [0.717, 1.165) is 11.4 Å². The molecule has 2 N–H and O–H groups in total. The fourth-order valence-corrected chi connectivity index (χ4v) is 3.03. The van der Waals surface area contributed by atoms with E-state index in [1.807, 2.05) is 0 Å². The topological polar surface area (TPSA) is 24.1 Å². The fourth-order valence-electron chi connectivity index (χ4n) is 2.80. The smallest absolute Gasteiger partial charge is 0.175 e. The molecule has 0 heterocycles.